The number of fused-ring (bicyclic) bond motifs is 3. The quantitative estimate of drug-likeness (QED) is 0.304. The molecule has 1 amide bonds. The van der Waals surface area contributed by atoms with Crippen LogP contribution in [0.1, 0.15) is 45.0 Å². The maximum Gasteiger partial charge on any atom is 0.338 e. The highest BCUT2D eigenvalue weighted by molar-refractivity contribution is 7.22. The van der Waals surface area contributed by atoms with E-state index >= 15 is 0 Å². The van der Waals surface area contributed by atoms with Crippen molar-refractivity contribution < 1.29 is 23.1 Å². The van der Waals surface area contributed by atoms with Gasteiger partial charge in [-0.15, -0.1) is 0 Å². The van der Waals surface area contributed by atoms with E-state index in [4.69, 9.17) is 9.15 Å². The van der Waals surface area contributed by atoms with Crippen molar-refractivity contribution in [2.75, 3.05) is 11.5 Å². The molecule has 0 unspecified atom stereocenters. The lowest BCUT2D eigenvalue weighted by molar-refractivity contribution is 0.0526. The van der Waals surface area contributed by atoms with Gasteiger partial charge in [0.15, 0.2) is 10.6 Å². The van der Waals surface area contributed by atoms with E-state index in [0.717, 1.165) is 0 Å². The Labute approximate surface area is 207 Å². The molecule has 0 saturated heterocycles. The first kappa shape index (κ1) is 22.1. The second-order valence-electron chi connectivity index (χ2n) is 8.20. The second-order valence-corrected chi connectivity index (χ2v) is 9.21. The summed E-state index contributed by atoms with van der Waals surface area (Å²) in [5.41, 5.74) is 1.64. The molecule has 1 aliphatic heterocycles. The van der Waals surface area contributed by atoms with Gasteiger partial charge in [-0.2, -0.15) is 0 Å². The van der Waals surface area contributed by atoms with Crippen LogP contribution >= 0.6 is 11.3 Å². The Morgan fingerprint density at radius 1 is 1.11 bits per heavy atom. The minimum absolute atomic E-state index is 0.0699. The number of nitrogens with zero attached hydrogens (tertiary/aromatic N) is 2. The van der Waals surface area contributed by atoms with Crippen molar-refractivity contribution in [3.63, 3.8) is 0 Å². The van der Waals surface area contributed by atoms with Crippen molar-refractivity contribution in [1.82, 2.24) is 4.98 Å². The third-order valence-corrected chi connectivity index (χ3v) is 7.08. The first-order valence-corrected chi connectivity index (χ1v) is 12.0. The molecule has 7 nitrogen and oxygen atoms in total. The summed E-state index contributed by atoms with van der Waals surface area (Å²) in [6.07, 6.45) is 0. The average molecular weight is 501 g/mol. The van der Waals surface area contributed by atoms with Crippen LogP contribution in [0.15, 0.2) is 75.9 Å². The number of carbonyl (C=O) groups is 2. The molecule has 36 heavy (non-hydrogen) atoms. The highest BCUT2D eigenvalue weighted by atomic mass is 32.1. The van der Waals surface area contributed by atoms with Gasteiger partial charge in [0.2, 0.25) is 5.76 Å². The fraction of sp³-hybridized carbons (Fsp3) is 0.111. The molecule has 5 aromatic rings. The van der Waals surface area contributed by atoms with Crippen molar-refractivity contribution in [2.45, 2.75) is 13.0 Å². The molecular formula is C27H17FN2O5S. The van der Waals surface area contributed by atoms with Gasteiger partial charge in [-0.05, 0) is 55.0 Å². The molecule has 1 atom stereocenters. The summed E-state index contributed by atoms with van der Waals surface area (Å²) in [6.45, 7) is 1.98. The normalized spacial score (nSPS) is 15.0. The monoisotopic (exact) mass is 500 g/mol. The number of thiazole rings is 1. The first-order valence-electron chi connectivity index (χ1n) is 11.2. The van der Waals surface area contributed by atoms with E-state index in [-0.39, 0.29) is 23.4 Å². The number of hydrogen-bond donors (Lipinski definition) is 0. The lowest BCUT2D eigenvalue weighted by Gasteiger charge is -2.22. The molecule has 178 valence electrons. The first-order chi connectivity index (χ1) is 17.5. The molecule has 0 saturated carbocycles. The number of para-hydroxylation sites is 1. The van der Waals surface area contributed by atoms with Crippen LogP contribution in [0.4, 0.5) is 9.52 Å². The Hall–Kier alpha value is -4.37. The predicted octanol–water partition coefficient (Wildman–Crippen LogP) is 5.47. The molecule has 0 N–H and O–H groups in total. The number of carbonyl (C=O) groups excluding carboxylic acids is 2. The van der Waals surface area contributed by atoms with Gasteiger partial charge in [0.05, 0.1) is 39.4 Å². The van der Waals surface area contributed by atoms with Crippen LogP contribution in [-0.4, -0.2) is 23.5 Å². The standard InChI is InChI=1S/C27H17FN2O5S/c1-2-34-26(33)15-9-12-18-20(13-15)36-27(29-18)30-22(14-7-10-16(28)11-8-14)21-23(31)17-5-3-4-6-19(17)35-24(21)25(30)32/h3-13,22H,2H2,1H3/t22-/m1/s1. The third-order valence-electron chi connectivity index (χ3n) is 6.06. The number of anilines is 1. The number of aromatic nitrogens is 1. The van der Waals surface area contributed by atoms with Crippen molar-refractivity contribution in [2.24, 2.45) is 0 Å². The molecule has 0 spiro atoms. The number of halogens is 1. The zero-order valence-corrected chi connectivity index (χ0v) is 19.7. The minimum atomic E-state index is -0.862. The SMILES string of the molecule is CCOC(=O)c1ccc2nc(N3C(=O)c4oc5ccccc5c(=O)c4[C@H]3c3ccc(F)cc3)sc2c1. The largest absolute Gasteiger partial charge is 0.462 e. The van der Waals surface area contributed by atoms with Crippen molar-refractivity contribution in [3.05, 3.63) is 105 Å². The van der Waals surface area contributed by atoms with Gasteiger partial charge < -0.3 is 9.15 Å². The van der Waals surface area contributed by atoms with Gasteiger partial charge in [0, 0.05) is 0 Å². The maximum absolute atomic E-state index is 13.7. The van der Waals surface area contributed by atoms with Gasteiger partial charge in [0.25, 0.3) is 5.91 Å². The number of benzene rings is 3. The third kappa shape index (κ3) is 3.39. The number of rotatable bonds is 4. The van der Waals surface area contributed by atoms with E-state index < -0.39 is 23.7 Å². The topological polar surface area (TPSA) is 89.7 Å². The van der Waals surface area contributed by atoms with Crippen molar-refractivity contribution in [3.8, 4) is 0 Å². The van der Waals surface area contributed by atoms with Crippen LogP contribution < -0.4 is 10.3 Å². The fourth-order valence-corrected chi connectivity index (χ4v) is 5.47. The summed E-state index contributed by atoms with van der Waals surface area (Å²) in [6, 6.07) is 16.4. The summed E-state index contributed by atoms with van der Waals surface area (Å²) in [5, 5.41) is 0.668. The highest BCUT2D eigenvalue weighted by Crippen LogP contribution is 2.43. The van der Waals surface area contributed by atoms with Gasteiger partial charge in [-0.1, -0.05) is 35.6 Å². The molecule has 3 heterocycles. The van der Waals surface area contributed by atoms with Crippen LogP contribution in [-0.2, 0) is 4.74 Å². The molecule has 6 rings (SSSR count). The number of ether oxygens (including phenoxy) is 1. The molecule has 0 bridgehead atoms. The zero-order chi connectivity index (χ0) is 25.0. The fourth-order valence-electron chi connectivity index (χ4n) is 4.43. The van der Waals surface area contributed by atoms with Crippen molar-refractivity contribution in [1.29, 1.82) is 0 Å². The van der Waals surface area contributed by atoms with Gasteiger partial charge in [-0.3, -0.25) is 14.5 Å². The predicted molar refractivity (Wildman–Crippen MR) is 133 cm³/mol. The van der Waals surface area contributed by atoms with E-state index in [1.54, 1.807) is 49.4 Å². The Balaban J connectivity index is 1.55. The van der Waals surface area contributed by atoms with Crippen LogP contribution in [0.25, 0.3) is 21.2 Å². The number of hydrogen-bond acceptors (Lipinski definition) is 7. The summed E-state index contributed by atoms with van der Waals surface area (Å²) < 4.78 is 25.4. The van der Waals surface area contributed by atoms with Crippen LogP contribution in [0.3, 0.4) is 0 Å². The summed E-state index contributed by atoms with van der Waals surface area (Å²) in [7, 11) is 0. The van der Waals surface area contributed by atoms with Gasteiger partial charge in [-0.25, -0.2) is 14.2 Å². The maximum atomic E-state index is 13.7. The molecule has 3 aromatic carbocycles. The van der Waals surface area contributed by atoms with E-state index in [1.165, 1.54) is 40.5 Å². The van der Waals surface area contributed by atoms with E-state index in [0.29, 0.717) is 37.4 Å². The van der Waals surface area contributed by atoms with Crippen LogP contribution in [0.2, 0.25) is 0 Å². The van der Waals surface area contributed by atoms with Crippen molar-refractivity contribution >= 4 is 49.5 Å². The molecule has 2 aromatic heterocycles. The lowest BCUT2D eigenvalue weighted by atomic mass is 9.99. The molecule has 1 aliphatic rings. The van der Waals surface area contributed by atoms with E-state index in [9.17, 15) is 18.8 Å². The van der Waals surface area contributed by atoms with E-state index in [1.807, 2.05) is 0 Å². The number of esters is 1. The lowest BCUT2D eigenvalue weighted by Crippen LogP contribution is -2.29. The summed E-state index contributed by atoms with van der Waals surface area (Å²) >= 11 is 1.20. The van der Waals surface area contributed by atoms with Crippen LogP contribution in [0.5, 0.6) is 0 Å². The van der Waals surface area contributed by atoms with Crippen LogP contribution in [0, 0.1) is 5.82 Å². The summed E-state index contributed by atoms with van der Waals surface area (Å²) in [5.74, 6) is -1.48. The molecular weight excluding hydrogens is 483 g/mol. The molecule has 9 heteroatoms. The second kappa shape index (κ2) is 8.39. The Morgan fingerprint density at radius 2 is 1.89 bits per heavy atom. The molecule has 0 fully saturated rings. The zero-order valence-electron chi connectivity index (χ0n) is 18.9. The molecule has 0 aliphatic carbocycles. The summed E-state index contributed by atoms with van der Waals surface area (Å²) in [4.78, 5) is 45.5. The molecule has 0 radical (unpaired) electrons. The Kier molecular flexibility index (Phi) is 5.15. The van der Waals surface area contributed by atoms with Gasteiger partial charge >= 0.3 is 5.97 Å². The smallest absolute Gasteiger partial charge is 0.338 e. The average Bonchev–Trinajstić information content (AvgIpc) is 3.43. The number of amides is 1. The van der Waals surface area contributed by atoms with Gasteiger partial charge in [0.1, 0.15) is 11.4 Å². The Morgan fingerprint density at radius 3 is 2.67 bits per heavy atom. The van der Waals surface area contributed by atoms with E-state index in [2.05, 4.69) is 4.98 Å². The minimum Gasteiger partial charge on any atom is -0.462 e. The Bertz CT molecular complexity index is 1740. The highest BCUT2D eigenvalue weighted by Gasteiger charge is 2.45.